The van der Waals surface area contributed by atoms with E-state index < -0.39 is 183 Å². The number of carbonyl (C=O) groups is 3. The molecular formula is C101H125ClO25. The van der Waals surface area contributed by atoms with Gasteiger partial charge < -0.3 is 99.8 Å². The molecule has 25 nitrogen and oxygen atoms in total. The minimum absolute atomic E-state index is 0.0114. The van der Waals surface area contributed by atoms with Gasteiger partial charge in [0.2, 0.25) is 0 Å². The van der Waals surface area contributed by atoms with Gasteiger partial charge >= 0.3 is 23.9 Å². The molecule has 5 bridgehead atoms. The number of allylic oxidation sites excluding steroid dienone is 2. The lowest BCUT2D eigenvalue weighted by atomic mass is 9.95. The minimum atomic E-state index is -2.45. The summed E-state index contributed by atoms with van der Waals surface area (Å²) in [6, 6.07) is 67.8. The van der Waals surface area contributed by atoms with Gasteiger partial charge in [0.1, 0.15) is 79.1 Å². The second-order valence-electron chi connectivity index (χ2n) is 33.7. The van der Waals surface area contributed by atoms with Crippen molar-refractivity contribution in [1.29, 1.82) is 0 Å². The number of carbonyl (C=O) groups excluding carboxylic acids is 3. The van der Waals surface area contributed by atoms with E-state index in [0.29, 0.717) is 56.9 Å². The number of benzene rings is 7. The Balaban J connectivity index is 0.864. The molecule has 7 aromatic carbocycles. The first-order chi connectivity index (χ1) is 62.2. The maximum absolute atomic E-state index is 15.0. The molecule has 0 aliphatic carbocycles. The van der Waals surface area contributed by atoms with E-state index in [1.165, 1.54) is 0 Å². The zero-order valence-electron chi connectivity index (χ0n) is 73.3. The number of hydrogen-bond acceptors (Lipinski definition) is 25. The van der Waals surface area contributed by atoms with Crippen LogP contribution in [0.5, 0.6) is 0 Å². The summed E-state index contributed by atoms with van der Waals surface area (Å²) in [6.07, 6.45) is -15.4. The molecule has 686 valence electrons. The van der Waals surface area contributed by atoms with Gasteiger partial charge in [-0.25, -0.2) is 0 Å². The lowest BCUT2D eigenvalue weighted by molar-refractivity contribution is -0.431. The Morgan fingerprint density at radius 1 is 0.441 bits per heavy atom. The minimum Gasteiger partial charge on any atom is -0.455 e. The van der Waals surface area contributed by atoms with E-state index in [9.17, 15) is 19.5 Å². The Kier molecular flexibility index (Phi) is 36.7. The van der Waals surface area contributed by atoms with E-state index >= 15 is 0 Å². The third kappa shape index (κ3) is 26.6. The number of esters is 3. The van der Waals surface area contributed by atoms with Crippen LogP contribution in [0.15, 0.2) is 224 Å². The van der Waals surface area contributed by atoms with E-state index in [2.05, 4.69) is 19.1 Å². The molecule has 7 heterocycles. The number of aliphatic hydroxyl groups is 1. The van der Waals surface area contributed by atoms with E-state index in [1.54, 1.807) is 13.8 Å². The number of alkyl halides is 1. The fraction of sp³-hybridized carbons (Fsp3) is 0.535. The molecule has 7 aromatic rings. The van der Waals surface area contributed by atoms with E-state index in [-0.39, 0.29) is 65.9 Å². The first-order valence-corrected chi connectivity index (χ1v) is 46.0. The molecule has 26 heteroatoms. The average molecular weight is 1770 g/mol. The fourth-order valence-electron chi connectivity index (χ4n) is 16.7. The first-order valence-electron chi connectivity index (χ1n) is 45.5. The monoisotopic (exact) mass is 1770 g/mol. The topological polar surface area (TPSA) is 265 Å². The van der Waals surface area contributed by atoms with Crippen LogP contribution in [-0.2, 0) is 153 Å². The molecule has 127 heavy (non-hydrogen) atoms. The summed E-state index contributed by atoms with van der Waals surface area (Å²) in [5.41, 5.74) is 5.92. The molecule has 0 spiro atoms. The van der Waals surface area contributed by atoms with Gasteiger partial charge in [0, 0.05) is 12.0 Å². The van der Waals surface area contributed by atoms with Crippen LogP contribution in [-0.4, -0.2) is 190 Å². The normalized spacial score (nSPS) is 31.8. The number of ether oxygens (including phenoxy) is 21. The van der Waals surface area contributed by atoms with Crippen LogP contribution in [0.2, 0.25) is 0 Å². The zero-order chi connectivity index (χ0) is 88.1. The quantitative estimate of drug-likeness (QED) is 0.0135. The summed E-state index contributed by atoms with van der Waals surface area (Å²) in [4.78, 5) is 44.6. The molecular weight excluding hydrogens is 1650 g/mol. The summed E-state index contributed by atoms with van der Waals surface area (Å²) in [7, 11) is 0. The smallest absolute Gasteiger partial charge is 0.309 e. The highest BCUT2D eigenvalue weighted by molar-refractivity contribution is 6.18. The predicted octanol–water partition coefficient (Wildman–Crippen LogP) is 16.3. The Morgan fingerprint density at radius 2 is 0.906 bits per heavy atom. The van der Waals surface area contributed by atoms with Gasteiger partial charge in [0.15, 0.2) is 55.9 Å². The zero-order valence-corrected chi connectivity index (χ0v) is 74.1. The largest absolute Gasteiger partial charge is 0.455 e. The van der Waals surface area contributed by atoms with Crippen LogP contribution in [0, 0.1) is 11.8 Å². The van der Waals surface area contributed by atoms with Gasteiger partial charge in [-0.3, -0.25) is 19.1 Å². The van der Waals surface area contributed by atoms with Crippen molar-refractivity contribution in [3.63, 3.8) is 0 Å². The van der Waals surface area contributed by atoms with Crippen molar-refractivity contribution >= 4 is 29.5 Å². The van der Waals surface area contributed by atoms with Crippen molar-refractivity contribution in [3.8, 4) is 0 Å². The van der Waals surface area contributed by atoms with Crippen LogP contribution in [0.25, 0.3) is 0 Å². The van der Waals surface area contributed by atoms with Gasteiger partial charge in [0.25, 0.3) is 0 Å². The van der Waals surface area contributed by atoms with Crippen LogP contribution in [0.1, 0.15) is 163 Å². The van der Waals surface area contributed by atoms with Gasteiger partial charge in [-0.2, -0.15) is 0 Å². The van der Waals surface area contributed by atoms with Crippen LogP contribution in [0.4, 0.5) is 0 Å². The van der Waals surface area contributed by atoms with Crippen LogP contribution >= 0.6 is 11.6 Å². The fourth-order valence-corrected chi connectivity index (χ4v) is 16.9. The van der Waals surface area contributed by atoms with Gasteiger partial charge in [0.05, 0.1) is 84.0 Å². The molecule has 0 radical (unpaired) electrons. The second kappa shape index (κ2) is 48.9. The van der Waals surface area contributed by atoms with Crippen LogP contribution in [0.3, 0.4) is 0 Å². The SMILES string of the molecule is CCCCC[C@@H]1CCC/C=C\CCCCC(=O)O[C@H]2[C@H](OC[C@H]3O[C@@H]4O[C@@](CCl)(O[C@@H]5[C@@H](O)[C@H](O[C@H]6[C@H](O1)O[C@H](COCc1ccccc1)[C@@H](OCc1ccccc1)[C@@H]6OCc1ccccc1)O[C@@H]1CO[C@@H](c6ccccc6)O[C@@H]51)O[C@@H]4[C@@H](OC(=O)[C@@H](C)CC)[C@@H]3OC(=O)[C@@H](C)CC)O[C@H](COCc1ccccc1)[C@@H](OCc1ccccc1)[C@@H]2OCc1ccccc1. The number of halogens is 1. The van der Waals surface area contributed by atoms with Crippen molar-refractivity contribution in [1.82, 2.24) is 0 Å². The van der Waals surface area contributed by atoms with Gasteiger partial charge in [-0.15, -0.1) is 11.6 Å². The number of fused-ring (bicyclic) bond motifs is 8. The highest BCUT2D eigenvalue weighted by atomic mass is 35.5. The third-order valence-electron chi connectivity index (χ3n) is 24.2. The summed E-state index contributed by atoms with van der Waals surface area (Å²) < 4.78 is 147. The highest BCUT2D eigenvalue weighted by Gasteiger charge is 2.65. The van der Waals surface area contributed by atoms with E-state index in [1.807, 2.05) is 226 Å². The Morgan fingerprint density at radius 3 is 1.43 bits per heavy atom. The molecule has 7 aliphatic heterocycles. The molecule has 0 unspecified atom stereocenters. The second-order valence-corrected chi connectivity index (χ2v) is 34.0. The molecule has 6 fully saturated rings. The molecule has 6 saturated heterocycles. The maximum atomic E-state index is 15.0. The first kappa shape index (κ1) is 95.3. The summed E-state index contributed by atoms with van der Waals surface area (Å²) in [5.74, 6) is -6.37. The number of aliphatic hydroxyl groups excluding tert-OH is 1. The molecule has 1 N–H and O–H groups in total. The van der Waals surface area contributed by atoms with Gasteiger partial charge in [-0.05, 0) is 91.2 Å². The van der Waals surface area contributed by atoms with E-state index in [0.717, 1.165) is 59.1 Å². The standard InChI is InChI=1S/C101H125ClO25/c1-6-9-22-53-76-54-37-13-11-10-12-14-38-55-81(103)120-91-88(111-60-73-47-31-19-32-48-73)83(109-58-71-43-27-17-28-44-71)77(62-107-56-69-39-23-15-24-40-69)117-98(91)114-65-80-86(121-94(105)67(4)7-2)90(122-95(106)68(5)8-3)93-100(119-80)127-101(66-102,126-93)125-87-82(104)97(116-79-64-113-96(123-85(79)87)75-51-35-21-36-52-75)124-92-89(112-61-74-49-33-20-34-50-74)84(110-59-72-45-29-18-30-46-72)78(118-99(92)115-76)63-108-57-70-41-25-16-26-42-70/h10-11,15-21,23-36,39-52,67-68,76-80,82-93,96-100,104H,6-9,12-14,22,37-38,53-66H2,1-5H3/b11-10-/t67-,68-,76+,77+,78+,79+,80+,82+,83+,84+,85+,86+,87+,88-,89-,90-,91+,92+,93+,96+,97-,98+,99+,100+,101-/m0/s1. The lowest BCUT2D eigenvalue weighted by Gasteiger charge is -2.51. The van der Waals surface area contributed by atoms with Crippen molar-refractivity contribution in [2.24, 2.45) is 11.8 Å². The van der Waals surface area contributed by atoms with E-state index in [4.69, 9.17) is 111 Å². The summed E-state index contributed by atoms with van der Waals surface area (Å²) in [6.45, 7) is 9.43. The molecule has 0 aromatic heterocycles. The third-order valence-corrected chi connectivity index (χ3v) is 24.5. The predicted molar refractivity (Wildman–Crippen MR) is 467 cm³/mol. The summed E-state index contributed by atoms with van der Waals surface area (Å²) >= 11 is 7.33. The molecule has 14 rings (SSSR count). The van der Waals surface area contributed by atoms with Gasteiger partial charge in [-0.1, -0.05) is 278 Å². The maximum Gasteiger partial charge on any atom is 0.309 e. The number of unbranched alkanes of at least 4 members (excludes halogenated alkanes) is 2. The Bertz CT molecular complexity index is 4380. The van der Waals surface area contributed by atoms with Crippen LogP contribution < -0.4 is 0 Å². The molecule has 0 amide bonds. The van der Waals surface area contributed by atoms with Crippen molar-refractivity contribution in [2.45, 2.75) is 299 Å². The lowest BCUT2D eigenvalue weighted by Crippen LogP contribution is -2.68. The van der Waals surface area contributed by atoms with Crippen molar-refractivity contribution < 1.29 is 119 Å². The molecule has 25 atom stereocenters. The number of hydrogen-bond donors (Lipinski definition) is 1. The number of rotatable bonds is 32. The summed E-state index contributed by atoms with van der Waals surface area (Å²) in [5, 5.41) is 13.8. The van der Waals surface area contributed by atoms with Crippen molar-refractivity contribution in [2.75, 3.05) is 32.3 Å². The molecule has 0 saturated carbocycles. The molecule has 7 aliphatic rings. The van der Waals surface area contributed by atoms with Crippen molar-refractivity contribution in [3.05, 3.63) is 263 Å². The average Bonchev–Trinajstić information content (AvgIpc) is 1.71. The Hall–Kier alpha value is -7.78. The highest BCUT2D eigenvalue weighted by Crippen LogP contribution is 2.47. The Labute approximate surface area is 751 Å².